The number of Topliss-reactive ketones (excluding diaryl/α,β-unsaturated/α-hetero) is 1. The molecule has 0 heterocycles. The summed E-state index contributed by atoms with van der Waals surface area (Å²) in [5.41, 5.74) is 2.14. The standard InChI is InChI=1S/C13H16O2/c1-15-8-4-6-11-9-10-5-2-3-7-12(10)13(11)14/h2-3,5,7,11H,4,6,8-9H2,1H3. The van der Waals surface area contributed by atoms with Crippen molar-refractivity contribution in [2.24, 2.45) is 5.92 Å². The van der Waals surface area contributed by atoms with Gasteiger partial charge in [-0.25, -0.2) is 0 Å². The lowest BCUT2D eigenvalue weighted by Gasteiger charge is -2.06. The summed E-state index contributed by atoms with van der Waals surface area (Å²) in [6.45, 7) is 0.750. The van der Waals surface area contributed by atoms with Gasteiger partial charge in [0.1, 0.15) is 0 Å². The fourth-order valence-electron chi connectivity index (χ4n) is 2.22. The Kier molecular flexibility index (Phi) is 3.17. The molecule has 0 saturated heterocycles. The largest absolute Gasteiger partial charge is 0.385 e. The summed E-state index contributed by atoms with van der Waals surface area (Å²) < 4.78 is 5.00. The minimum absolute atomic E-state index is 0.192. The number of hydrogen-bond acceptors (Lipinski definition) is 2. The van der Waals surface area contributed by atoms with Gasteiger partial charge in [0.2, 0.25) is 0 Å². The maximum Gasteiger partial charge on any atom is 0.166 e. The summed E-state index contributed by atoms with van der Waals surface area (Å²) in [5, 5.41) is 0. The van der Waals surface area contributed by atoms with E-state index >= 15 is 0 Å². The zero-order chi connectivity index (χ0) is 10.7. The third kappa shape index (κ3) is 2.10. The number of rotatable bonds is 4. The fraction of sp³-hybridized carbons (Fsp3) is 0.462. The predicted molar refractivity (Wildman–Crippen MR) is 59.1 cm³/mol. The van der Waals surface area contributed by atoms with Gasteiger partial charge in [0.25, 0.3) is 0 Å². The van der Waals surface area contributed by atoms with Crippen LogP contribution in [-0.2, 0) is 11.2 Å². The molecule has 1 aromatic carbocycles. The fourth-order valence-corrected chi connectivity index (χ4v) is 2.22. The molecule has 0 radical (unpaired) electrons. The average molecular weight is 204 g/mol. The van der Waals surface area contributed by atoms with Crippen molar-refractivity contribution in [1.29, 1.82) is 0 Å². The second kappa shape index (κ2) is 4.58. The van der Waals surface area contributed by atoms with Gasteiger partial charge in [0.05, 0.1) is 0 Å². The normalized spacial score (nSPS) is 19.3. The van der Waals surface area contributed by atoms with Crippen LogP contribution >= 0.6 is 0 Å². The molecule has 1 atom stereocenters. The lowest BCUT2D eigenvalue weighted by molar-refractivity contribution is 0.0921. The number of methoxy groups -OCH3 is 1. The molecule has 0 aromatic heterocycles. The molecule has 1 aliphatic carbocycles. The smallest absolute Gasteiger partial charge is 0.166 e. The van der Waals surface area contributed by atoms with Crippen LogP contribution in [-0.4, -0.2) is 19.5 Å². The number of ketones is 1. The van der Waals surface area contributed by atoms with Crippen molar-refractivity contribution in [1.82, 2.24) is 0 Å². The maximum absolute atomic E-state index is 12.0. The highest BCUT2D eigenvalue weighted by atomic mass is 16.5. The SMILES string of the molecule is COCCCC1Cc2ccccc2C1=O. The van der Waals surface area contributed by atoms with E-state index in [-0.39, 0.29) is 5.92 Å². The Balaban J connectivity index is 2.01. The molecule has 0 fully saturated rings. The molecular formula is C13H16O2. The zero-order valence-electron chi connectivity index (χ0n) is 9.03. The lowest BCUT2D eigenvalue weighted by Crippen LogP contribution is -2.09. The quantitative estimate of drug-likeness (QED) is 0.704. The van der Waals surface area contributed by atoms with Gasteiger partial charge in [-0.05, 0) is 24.8 Å². The number of benzene rings is 1. The van der Waals surface area contributed by atoms with Crippen molar-refractivity contribution in [3.05, 3.63) is 35.4 Å². The van der Waals surface area contributed by atoms with Gasteiger partial charge in [-0.2, -0.15) is 0 Å². The van der Waals surface area contributed by atoms with Crippen molar-refractivity contribution >= 4 is 5.78 Å². The minimum Gasteiger partial charge on any atom is -0.385 e. The summed E-state index contributed by atoms with van der Waals surface area (Å²) in [6, 6.07) is 7.94. The molecular weight excluding hydrogens is 188 g/mol. The highest BCUT2D eigenvalue weighted by Crippen LogP contribution is 2.29. The molecule has 0 spiro atoms. The first-order valence-electron chi connectivity index (χ1n) is 5.44. The summed E-state index contributed by atoms with van der Waals surface area (Å²) in [7, 11) is 1.70. The van der Waals surface area contributed by atoms with E-state index in [0.717, 1.165) is 31.4 Å². The molecule has 2 nitrogen and oxygen atoms in total. The monoisotopic (exact) mass is 204 g/mol. The summed E-state index contributed by atoms with van der Waals surface area (Å²) >= 11 is 0. The van der Waals surface area contributed by atoms with E-state index in [1.807, 2.05) is 18.2 Å². The van der Waals surface area contributed by atoms with Gasteiger partial charge < -0.3 is 4.74 Å². The van der Waals surface area contributed by atoms with Crippen LogP contribution in [0.4, 0.5) is 0 Å². The average Bonchev–Trinajstić information content (AvgIpc) is 2.57. The molecule has 0 saturated carbocycles. The van der Waals surface area contributed by atoms with Crippen LogP contribution in [0, 0.1) is 5.92 Å². The Morgan fingerprint density at radius 2 is 2.20 bits per heavy atom. The highest BCUT2D eigenvalue weighted by molar-refractivity contribution is 6.02. The second-order valence-corrected chi connectivity index (χ2v) is 4.06. The molecule has 15 heavy (non-hydrogen) atoms. The van der Waals surface area contributed by atoms with Gasteiger partial charge in [0.15, 0.2) is 5.78 Å². The van der Waals surface area contributed by atoms with Crippen molar-refractivity contribution in [3.8, 4) is 0 Å². The van der Waals surface area contributed by atoms with Crippen LogP contribution < -0.4 is 0 Å². The third-order valence-electron chi connectivity index (χ3n) is 3.02. The second-order valence-electron chi connectivity index (χ2n) is 4.06. The van der Waals surface area contributed by atoms with Gasteiger partial charge in [-0.15, -0.1) is 0 Å². The molecule has 2 heteroatoms. The minimum atomic E-state index is 0.192. The van der Waals surface area contributed by atoms with E-state index in [0.29, 0.717) is 5.78 Å². The van der Waals surface area contributed by atoms with Crippen LogP contribution in [0.5, 0.6) is 0 Å². The van der Waals surface area contributed by atoms with Gasteiger partial charge >= 0.3 is 0 Å². The molecule has 0 amide bonds. The summed E-state index contributed by atoms with van der Waals surface area (Å²) in [5.74, 6) is 0.513. The van der Waals surface area contributed by atoms with E-state index in [2.05, 4.69) is 6.07 Å². The predicted octanol–water partition coefficient (Wildman–Crippen LogP) is 2.47. The third-order valence-corrected chi connectivity index (χ3v) is 3.02. The van der Waals surface area contributed by atoms with Gasteiger partial charge in [-0.3, -0.25) is 4.79 Å². The molecule has 2 rings (SSSR count). The van der Waals surface area contributed by atoms with Crippen molar-refractivity contribution < 1.29 is 9.53 Å². The van der Waals surface area contributed by atoms with Gasteiger partial charge in [0, 0.05) is 25.2 Å². The summed E-state index contributed by atoms with van der Waals surface area (Å²) in [4.78, 5) is 12.0. The summed E-state index contributed by atoms with van der Waals surface area (Å²) in [6.07, 6.45) is 2.83. The molecule has 1 aliphatic rings. The Labute approximate surface area is 90.3 Å². The van der Waals surface area contributed by atoms with E-state index in [1.165, 1.54) is 5.56 Å². The Bertz CT molecular complexity index is 357. The van der Waals surface area contributed by atoms with E-state index in [1.54, 1.807) is 7.11 Å². The van der Waals surface area contributed by atoms with Crippen LogP contribution in [0.1, 0.15) is 28.8 Å². The van der Waals surface area contributed by atoms with E-state index in [4.69, 9.17) is 4.74 Å². The van der Waals surface area contributed by atoms with Crippen molar-refractivity contribution in [2.45, 2.75) is 19.3 Å². The Morgan fingerprint density at radius 1 is 1.40 bits per heavy atom. The van der Waals surface area contributed by atoms with Crippen LogP contribution in [0.15, 0.2) is 24.3 Å². The molecule has 0 N–H and O–H groups in total. The van der Waals surface area contributed by atoms with Crippen LogP contribution in [0.2, 0.25) is 0 Å². The molecule has 0 aliphatic heterocycles. The number of ether oxygens (including phenoxy) is 1. The van der Waals surface area contributed by atoms with E-state index in [9.17, 15) is 4.79 Å². The molecule has 0 bridgehead atoms. The number of carbonyl (C=O) groups is 1. The number of fused-ring (bicyclic) bond motifs is 1. The first kappa shape index (κ1) is 10.4. The molecule has 80 valence electrons. The van der Waals surface area contributed by atoms with Crippen molar-refractivity contribution in [3.63, 3.8) is 0 Å². The Morgan fingerprint density at radius 3 is 2.93 bits per heavy atom. The Hall–Kier alpha value is -1.15. The maximum atomic E-state index is 12.0. The first-order chi connectivity index (χ1) is 7.33. The number of hydrogen-bond donors (Lipinski definition) is 0. The van der Waals surface area contributed by atoms with Crippen LogP contribution in [0.3, 0.4) is 0 Å². The lowest BCUT2D eigenvalue weighted by atomic mass is 9.99. The first-order valence-corrected chi connectivity index (χ1v) is 5.44. The van der Waals surface area contributed by atoms with Crippen molar-refractivity contribution in [2.75, 3.05) is 13.7 Å². The molecule has 1 aromatic rings. The van der Waals surface area contributed by atoms with Gasteiger partial charge in [-0.1, -0.05) is 24.3 Å². The zero-order valence-corrected chi connectivity index (χ0v) is 9.03. The highest BCUT2D eigenvalue weighted by Gasteiger charge is 2.29. The van der Waals surface area contributed by atoms with E-state index < -0.39 is 0 Å². The van der Waals surface area contributed by atoms with Crippen LogP contribution in [0.25, 0.3) is 0 Å². The molecule has 1 unspecified atom stereocenters. The number of carbonyl (C=O) groups excluding carboxylic acids is 1. The topological polar surface area (TPSA) is 26.3 Å².